The minimum atomic E-state index is 0.321. The first-order valence-corrected chi connectivity index (χ1v) is 10.5. The number of halogens is 4. The topological polar surface area (TPSA) is 49.1 Å². The monoisotopic (exact) mass is 454 g/mol. The van der Waals surface area contributed by atoms with Gasteiger partial charge >= 0.3 is 0 Å². The summed E-state index contributed by atoms with van der Waals surface area (Å²) in [5.74, 6) is 1.51. The van der Waals surface area contributed by atoms with Crippen LogP contribution >= 0.6 is 46.4 Å². The van der Waals surface area contributed by atoms with E-state index in [0.717, 1.165) is 41.1 Å². The fraction of sp³-hybridized carbons (Fsp3) is 0.250. The Morgan fingerprint density at radius 2 is 1.89 bits per heavy atom. The van der Waals surface area contributed by atoms with Crippen molar-refractivity contribution in [3.05, 3.63) is 63.6 Å². The van der Waals surface area contributed by atoms with E-state index in [2.05, 4.69) is 15.5 Å². The van der Waals surface area contributed by atoms with Gasteiger partial charge in [0.2, 0.25) is 0 Å². The zero-order chi connectivity index (χ0) is 19.9. The Labute approximate surface area is 184 Å². The number of amidine groups is 1. The van der Waals surface area contributed by atoms with Crippen molar-refractivity contribution in [3.63, 3.8) is 0 Å². The standard InChI is InChI=1S/C20H18Cl4N4/c21-9-3-4-14(11-22)27-28-19-12-25-20(15-5-1-2-6-17(15)24)16-10-13(23)7-8-18(16)26-19/h1-2,5-8,10H,3-4,9,11-12H2,(H,26,28)/b27-14+. The minimum absolute atomic E-state index is 0.321. The molecule has 1 aliphatic rings. The van der Waals surface area contributed by atoms with E-state index in [9.17, 15) is 0 Å². The van der Waals surface area contributed by atoms with Gasteiger partial charge in [0, 0.05) is 27.1 Å². The Balaban J connectivity index is 1.96. The number of nitrogens with one attached hydrogen (secondary N) is 1. The Morgan fingerprint density at radius 3 is 2.64 bits per heavy atom. The Morgan fingerprint density at radius 1 is 1.07 bits per heavy atom. The third-order valence-corrected chi connectivity index (χ3v) is 5.22. The number of hydrazone groups is 1. The molecule has 0 aromatic heterocycles. The molecule has 0 fully saturated rings. The third kappa shape index (κ3) is 5.26. The van der Waals surface area contributed by atoms with Crippen molar-refractivity contribution < 1.29 is 0 Å². The van der Waals surface area contributed by atoms with Gasteiger partial charge in [0.05, 0.1) is 29.5 Å². The van der Waals surface area contributed by atoms with Gasteiger partial charge in [-0.25, -0.2) is 4.99 Å². The summed E-state index contributed by atoms with van der Waals surface area (Å²) in [7, 11) is 0. The Kier molecular flexibility index (Phi) is 7.74. The van der Waals surface area contributed by atoms with Crippen molar-refractivity contribution in [2.75, 3.05) is 18.3 Å². The first kappa shape index (κ1) is 21.1. The van der Waals surface area contributed by atoms with Crippen LogP contribution in [0.1, 0.15) is 24.0 Å². The quantitative estimate of drug-likeness (QED) is 0.320. The van der Waals surface area contributed by atoms with Crippen LogP contribution in [0.4, 0.5) is 5.69 Å². The molecule has 1 aliphatic heterocycles. The molecule has 0 atom stereocenters. The van der Waals surface area contributed by atoms with Crippen LogP contribution in [-0.4, -0.2) is 35.6 Å². The summed E-state index contributed by atoms with van der Waals surface area (Å²) >= 11 is 24.3. The summed E-state index contributed by atoms with van der Waals surface area (Å²) in [5, 5.41) is 5.60. The first-order chi connectivity index (χ1) is 13.6. The van der Waals surface area contributed by atoms with Gasteiger partial charge in [0.15, 0.2) is 0 Å². The second kappa shape index (κ2) is 10.3. The predicted octanol–water partition coefficient (Wildman–Crippen LogP) is 6.08. The lowest BCUT2D eigenvalue weighted by atomic mass is 10.0. The highest BCUT2D eigenvalue weighted by Crippen LogP contribution is 2.30. The highest BCUT2D eigenvalue weighted by Gasteiger charge is 2.18. The Hall–Kier alpha value is -1.59. The van der Waals surface area contributed by atoms with Crippen LogP contribution < -0.4 is 5.43 Å². The number of hydrogen-bond acceptors (Lipinski definition) is 4. The molecule has 2 aromatic carbocycles. The van der Waals surface area contributed by atoms with Crippen LogP contribution in [0.5, 0.6) is 0 Å². The fourth-order valence-electron chi connectivity index (χ4n) is 2.73. The number of fused-ring (bicyclic) bond motifs is 1. The number of rotatable bonds is 6. The lowest BCUT2D eigenvalue weighted by molar-refractivity contribution is 0.938. The van der Waals surface area contributed by atoms with E-state index in [1.54, 1.807) is 6.07 Å². The summed E-state index contributed by atoms with van der Waals surface area (Å²) in [6.45, 7) is 0.321. The normalized spacial score (nSPS) is 14.1. The molecule has 0 saturated carbocycles. The van der Waals surface area contributed by atoms with Crippen molar-refractivity contribution in [2.24, 2.45) is 15.1 Å². The molecule has 146 valence electrons. The molecular formula is C20H18Cl4N4. The maximum absolute atomic E-state index is 6.41. The fourth-order valence-corrected chi connectivity index (χ4v) is 3.45. The van der Waals surface area contributed by atoms with E-state index in [1.807, 2.05) is 36.4 Å². The van der Waals surface area contributed by atoms with Crippen LogP contribution in [-0.2, 0) is 0 Å². The minimum Gasteiger partial charge on any atom is -0.276 e. The molecule has 2 aromatic rings. The van der Waals surface area contributed by atoms with E-state index < -0.39 is 0 Å². The van der Waals surface area contributed by atoms with Gasteiger partial charge < -0.3 is 0 Å². The molecule has 0 saturated heterocycles. The van der Waals surface area contributed by atoms with Crippen molar-refractivity contribution in [1.82, 2.24) is 5.43 Å². The zero-order valence-corrected chi connectivity index (χ0v) is 18.0. The summed E-state index contributed by atoms with van der Waals surface area (Å²) in [6.07, 6.45) is 1.55. The van der Waals surface area contributed by atoms with Gasteiger partial charge in [-0.15, -0.1) is 23.2 Å². The Bertz CT molecular complexity index is 938. The molecule has 0 spiro atoms. The van der Waals surface area contributed by atoms with Gasteiger partial charge in [0.1, 0.15) is 5.84 Å². The average molecular weight is 456 g/mol. The van der Waals surface area contributed by atoms with Crippen molar-refractivity contribution in [2.45, 2.75) is 12.8 Å². The first-order valence-electron chi connectivity index (χ1n) is 8.72. The second-order valence-corrected chi connectivity index (χ2v) is 7.57. The van der Waals surface area contributed by atoms with Gasteiger partial charge in [-0.05, 0) is 37.1 Å². The van der Waals surface area contributed by atoms with Gasteiger partial charge in [-0.3, -0.25) is 10.4 Å². The molecule has 8 heteroatoms. The number of hydrogen-bond donors (Lipinski definition) is 1. The number of nitrogens with zero attached hydrogens (tertiary/aromatic N) is 3. The molecule has 4 nitrogen and oxygen atoms in total. The zero-order valence-electron chi connectivity index (χ0n) is 14.9. The van der Waals surface area contributed by atoms with Crippen LogP contribution in [0.3, 0.4) is 0 Å². The SMILES string of the molecule is ClCCC/C(CCl)=N\NC1=Nc2ccc(Cl)cc2C(c2ccccc2Cl)=NC1. The van der Waals surface area contributed by atoms with Crippen LogP contribution in [0.2, 0.25) is 10.0 Å². The van der Waals surface area contributed by atoms with Crippen LogP contribution in [0, 0.1) is 0 Å². The van der Waals surface area contributed by atoms with Gasteiger partial charge in [-0.2, -0.15) is 5.10 Å². The highest BCUT2D eigenvalue weighted by atomic mass is 35.5. The van der Waals surface area contributed by atoms with Gasteiger partial charge in [0.25, 0.3) is 0 Å². The van der Waals surface area contributed by atoms with E-state index in [1.165, 1.54) is 0 Å². The second-order valence-electron chi connectivity index (χ2n) is 6.08. The third-order valence-electron chi connectivity index (χ3n) is 4.08. The van der Waals surface area contributed by atoms with Crippen LogP contribution in [0.15, 0.2) is 57.6 Å². The average Bonchev–Trinajstić information content (AvgIpc) is 2.88. The largest absolute Gasteiger partial charge is 0.276 e. The molecule has 1 heterocycles. The molecule has 28 heavy (non-hydrogen) atoms. The molecule has 0 radical (unpaired) electrons. The van der Waals surface area contributed by atoms with Crippen LogP contribution in [0.25, 0.3) is 0 Å². The summed E-state index contributed by atoms with van der Waals surface area (Å²) in [4.78, 5) is 9.43. The van der Waals surface area contributed by atoms with Crippen molar-refractivity contribution in [3.8, 4) is 0 Å². The molecule has 0 bridgehead atoms. The summed E-state index contributed by atoms with van der Waals surface area (Å²) in [6, 6.07) is 13.1. The molecule has 3 rings (SSSR count). The maximum atomic E-state index is 6.41. The van der Waals surface area contributed by atoms with E-state index in [-0.39, 0.29) is 0 Å². The summed E-state index contributed by atoms with van der Waals surface area (Å²) in [5.41, 5.74) is 6.96. The smallest absolute Gasteiger partial charge is 0.144 e. The summed E-state index contributed by atoms with van der Waals surface area (Å²) < 4.78 is 0. The lowest BCUT2D eigenvalue weighted by Crippen LogP contribution is -2.23. The molecule has 0 unspecified atom stereocenters. The van der Waals surface area contributed by atoms with Crippen molar-refractivity contribution >= 4 is 69.4 Å². The number of alkyl halides is 2. The molecular weight excluding hydrogens is 438 g/mol. The molecule has 0 aliphatic carbocycles. The van der Waals surface area contributed by atoms with E-state index in [0.29, 0.717) is 34.2 Å². The maximum Gasteiger partial charge on any atom is 0.144 e. The molecule has 1 N–H and O–H groups in total. The van der Waals surface area contributed by atoms with Crippen molar-refractivity contribution in [1.29, 1.82) is 0 Å². The molecule has 0 amide bonds. The van der Waals surface area contributed by atoms with E-state index >= 15 is 0 Å². The number of benzene rings is 2. The predicted molar refractivity (Wildman–Crippen MR) is 122 cm³/mol. The number of aliphatic imine (C=N–C) groups is 2. The lowest BCUT2D eigenvalue weighted by Gasteiger charge is -2.10. The van der Waals surface area contributed by atoms with Gasteiger partial charge in [-0.1, -0.05) is 41.4 Å². The highest BCUT2D eigenvalue weighted by molar-refractivity contribution is 6.36. The van der Waals surface area contributed by atoms with E-state index in [4.69, 9.17) is 51.4 Å².